The summed E-state index contributed by atoms with van der Waals surface area (Å²) < 4.78 is 10.0. The minimum absolute atomic E-state index is 0.000674. The molecule has 3 aromatic rings. The fraction of sp³-hybridized carbons (Fsp3) is 0.190. The van der Waals surface area contributed by atoms with E-state index in [-0.39, 0.29) is 30.6 Å². The molecule has 0 amide bonds. The molecule has 26 heavy (non-hydrogen) atoms. The molecule has 0 aliphatic carbocycles. The van der Waals surface area contributed by atoms with Gasteiger partial charge in [0.2, 0.25) is 0 Å². The monoisotopic (exact) mass is 350 g/mol. The Morgan fingerprint density at radius 3 is 1.58 bits per heavy atom. The van der Waals surface area contributed by atoms with Gasteiger partial charge < -0.3 is 9.47 Å². The van der Waals surface area contributed by atoms with E-state index in [1.807, 2.05) is 48.5 Å². The molecule has 0 aliphatic heterocycles. The van der Waals surface area contributed by atoms with Gasteiger partial charge in [0, 0.05) is 25.0 Å². The molecule has 132 valence electrons. The van der Waals surface area contributed by atoms with E-state index < -0.39 is 0 Å². The van der Waals surface area contributed by atoms with Gasteiger partial charge in [-0.1, -0.05) is 36.4 Å². The average Bonchev–Trinajstić information content (AvgIpc) is 3.30. The van der Waals surface area contributed by atoms with Crippen LogP contribution in [0.4, 0.5) is 0 Å². The summed E-state index contributed by atoms with van der Waals surface area (Å²) in [6.07, 6.45) is 0. The van der Waals surface area contributed by atoms with E-state index in [4.69, 9.17) is 9.47 Å². The van der Waals surface area contributed by atoms with Crippen LogP contribution in [0, 0.1) is 0 Å². The predicted molar refractivity (Wildman–Crippen MR) is 96.9 cm³/mol. The Kier molecular flexibility index (Phi) is 4.98. The average molecular weight is 350 g/mol. The van der Waals surface area contributed by atoms with Crippen molar-refractivity contribution in [2.75, 3.05) is 0 Å². The summed E-state index contributed by atoms with van der Waals surface area (Å²) in [5.41, 5.74) is 4.60. The number of carbonyl (C=O) groups excluding carboxylic acids is 2. The van der Waals surface area contributed by atoms with Crippen molar-refractivity contribution in [3.63, 3.8) is 0 Å². The second-order valence-electron chi connectivity index (χ2n) is 6.04. The molecule has 0 spiro atoms. The highest BCUT2D eigenvalue weighted by Crippen LogP contribution is 2.35. The second-order valence-corrected chi connectivity index (χ2v) is 6.04. The number of esters is 2. The fourth-order valence-electron chi connectivity index (χ4n) is 2.72. The summed E-state index contributed by atoms with van der Waals surface area (Å²) in [5.74, 6) is -0.690. The minimum atomic E-state index is -0.345. The Bertz CT molecular complexity index is 899. The first-order valence-corrected chi connectivity index (χ1v) is 8.20. The molecule has 3 aromatic carbocycles. The standard InChI is InChI=1S/C21H18O5/c1-13(22)25-11-15-5-3-7-17(9-15)19-20(21(19)24)18-8-4-6-16(10-18)12-26-14(2)23/h3-10H,11-12H2,1-2H3. The lowest BCUT2D eigenvalue weighted by atomic mass is 10.1. The highest BCUT2D eigenvalue weighted by atomic mass is 16.5. The fourth-order valence-corrected chi connectivity index (χ4v) is 2.72. The van der Waals surface area contributed by atoms with Crippen molar-refractivity contribution < 1.29 is 19.1 Å². The molecule has 5 heteroatoms. The number of rotatable bonds is 6. The van der Waals surface area contributed by atoms with Gasteiger partial charge in [0.25, 0.3) is 0 Å². The van der Waals surface area contributed by atoms with Gasteiger partial charge >= 0.3 is 11.9 Å². The number of ether oxygens (including phenoxy) is 2. The van der Waals surface area contributed by atoms with Crippen LogP contribution in [0.1, 0.15) is 25.0 Å². The maximum absolute atomic E-state index is 12.3. The third-order valence-corrected chi connectivity index (χ3v) is 3.96. The first-order valence-electron chi connectivity index (χ1n) is 8.20. The van der Waals surface area contributed by atoms with Gasteiger partial charge in [-0.3, -0.25) is 14.4 Å². The number of hydrogen-bond acceptors (Lipinski definition) is 5. The molecule has 0 atom stereocenters. The Morgan fingerprint density at radius 1 is 0.769 bits per heavy atom. The quantitative estimate of drug-likeness (QED) is 0.638. The summed E-state index contributed by atoms with van der Waals surface area (Å²) in [4.78, 5) is 34.2. The molecule has 0 radical (unpaired) electrons. The van der Waals surface area contributed by atoms with E-state index in [0.717, 1.165) is 22.3 Å². The Morgan fingerprint density at radius 2 is 1.19 bits per heavy atom. The van der Waals surface area contributed by atoms with Gasteiger partial charge in [-0.15, -0.1) is 0 Å². The van der Waals surface area contributed by atoms with E-state index in [2.05, 4.69) is 0 Å². The summed E-state index contributed by atoms with van der Waals surface area (Å²) in [7, 11) is 0. The van der Waals surface area contributed by atoms with Crippen LogP contribution in [0.3, 0.4) is 0 Å². The lowest BCUT2D eigenvalue weighted by molar-refractivity contribution is -0.143. The second kappa shape index (κ2) is 7.35. The van der Waals surface area contributed by atoms with Crippen molar-refractivity contribution in [3.8, 4) is 22.3 Å². The van der Waals surface area contributed by atoms with Crippen LogP contribution in [0.5, 0.6) is 0 Å². The van der Waals surface area contributed by atoms with E-state index in [1.54, 1.807) is 0 Å². The van der Waals surface area contributed by atoms with Crippen molar-refractivity contribution in [1.29, 1.82) is 0 Å². The molecule has 3 rings (SSSR count). The lowest BCUT2D eigenvalue weighted by Crippen LogP contribution is -1.98. The summed E-state index contributed by atoms with van der Waals surface area (Å²) in [6.45, 7) is 3.07. The largest absolute Gasteiger partial charge is 0.461 e. The molecule has 5 nitrogen and oxygen atoms in total. The molecule has 0 aliphatic rings. The molecule has 0 saturated carbocycles. The smallest absolute Gasteiger partial charge is 0.302 e. The Labute approximate surface area is 150 Å². The molecular weight excluding hydrogens is 332 g/mol. The van der Waals surface area contributed by atoms with Gasteiger partial charge in [-0.25, -0.2) is 0 Å². The normalized spacial score (nSPS) is 10.7. The molecule has 0 bridgehead atoms. The van der Waals surface area contributed by atoms with Crippen molar-refractivity contribution in [3.05, 3.63) is 69.9 Å². The Hall–Kier alpha value is -3.21. The lowest BCUT2D eigenvalue weighted by Gasteiger charge is -2.04. The van der Waals surface area contributed by atoms with E-state index in [9.17, 15) is 14.4 Å². The van der Waals surface area contributed by atoms with Crippen LogP contribution in [-0.2, 0) is 32.3 Å². The van der Waals surface area contributed by atoms with Crippen LogP contribution in [0.15, 0.2) is 53.3 Å². The topological polar surface area (TPSA) is 69.7 Å². The van der Waals surface area contributed by atoms with Crippen LogP contribution < -0.4 is 5.43 Å². The molecule has 0 N–H and O–H groups in total. The maximum atomic E-state index is 12.3. The molecule has 0 fully saturated rings. The van der Waals surface area contributed by atoms with Crippen LogP contribution in [0.2, 0.25) is 0 Å². The zero-order chi connectivity index (χ0) is 18.7. The van der Waals surface area contributed by atoms with Gasteiger partial charge in [0.1, 0.15) is 13.2 Å². The highest BCUT2D eigenvalue weighted by Gasteiger charge is 2.25. The molecule has 0 unspecified atom stereocenters. The van der Waals surface area contributed by atoms with Gasteiger partial charge in [0.05, 0.1) is 0 Å². The van der Waals surface area contributed by atoms with Gasteiger partial charge in [0.15, 0.2) is 5.43 Å². The van der Waals surface area contributed by atoms with Gasteiger partial charge in [-0.2, -0.15) is 0 Å². The van der Waals surface area contributed by atoms with Crippen molar-refractivity contribution >= 4 is 11.9 Å². The third kappa shape index (κ3) is 4.06. The first kappa shape index (κ1) is 17.6. The zero-order valence-corrected chi connectivity index (χ0v) is 14.6. The van der Waals surface area contributed by atoms with Gasteiger partial charge in [-0.05, 0) is 34.4 Å². The van der Waals surface area contributed by atoms with Crippen molar-refractivity contribution in [2.45, 2.75) is 27.1 Å². The molecule has 0 saturated heterocycles. The highest BCUT2D eigenvalue weighted by molar-refractivity contribution is 5.94. The van der Waals surface area contributed by atoms with Crippen molar-refractivity contribution in [1.82, 2.24) is 0 Å². The van der Waals surface area contributed by atoms with Crippen LogP contribution in [0.25, 0.3) is 22.3 Å². The predicted octanol–water partition coefficient (Wildman–Crippen LogP) is 3.38. The SMILES string of the molecule is CC(=O)OCc1cccc(-c2c(-c3cccc(COC(C)=O)c3)c2=O)c1. The van der Waals surface area contributed by atoms with Crippen LogP contribution in [-0.4, -0.2) is 11.9 Å². The number of carbonyl (C=O) groups is 2. The summed E-state index contributed by atoms with van der Waals surface area (Å²) in [5, 5.41) is 0. The van der Waals surface area contributed by atoms with E-state index >= 15 is 0 Å². The molecule has 0 aromatic heterocycles. The summed E-state index contributed by atoms with van der Waals surface area (Å²) in [6, 6.07) is 14.8. The third-order valence-electron chi connectivity index (χ3n) is 3.96. The van der Waals surface area contributed by atoms with E-state index in [1.165, 1.54) is 13.8 Å². The molecular formula is C21H18O5. The van der Waals surface area contributed by atoms with Crippen molar-refractivity contribution in [2.24, 2.45) is 0 Å². The van der Waals surface area contributed by atoms with Crippen LogP contribution >= 0.6 is 0 Å². The molecule has 0 heterocycles. The Balaban J connectivity index is 1.82. The minimum Gasteiger partial charge on any atom is -0.461 e. The van der Waals surface area contributed by atoms with E-state index in [0.29, 0.717) is 11.1 Å². The number of benzene rings is 2. The summed E-state index contributed by atoms with van der Waals surface area (Å²) >= 11 is 0. The maximum Gasteiger partial charge on any atom is 0.302 e. The number of hydrogen-bond donors (Lipinski definition) is 0. The zero-order valence-electron chi connectivity index (χ0n) is 14.6. The first-order chi connectivity index (χ1) is 12.5.